The quantitative estimate of drug-likeness (QED) is 0.190. The summed E-state index contributed by atoms with van der Waals surface area (Å²) < 4.78 is 46.2. The monoisotopic (exact) mass is 720 g/mol. The van der Waals surface area contributed by atoms with Crippen LogP contribution in [0, 0.1) is 5.82 Å². The maximum absolute atomic E-state index is 13.9. The van der Waals surface area contributed by atoms with Crippen molar-refractivity contribution in [2.24, 2.45) is 0 Å². The minimum absolute atomic E-state index is 0.0104. The van der Waals surface area contributed by atoms with E-state index in [0.717, 1.165) is 16.1 Å². The normalized spacial score (nSPS) is 15.0. The fraction of sp³-hybridized carbons (Fsp3) is 0.333. The van der Waals surface area contributed by atoms with Crippen LogP contribution in [-0.4, -0.2) is 97.7 Å². The largest absolute Gasteiger partial charge is 0.389 e. The van der Waals surface area contributed by atoms with Gasteiger partial charge in [-0.05, 0) is 54.8 Å². The van der Waals surface area contributed by atoms with Gasteiger partial charge in [-0.2, -0.15) is 5.10 Å². The van der Waals surface area contributed by atoms with Gasteiger partial charge in [-0.1, -0.05) is 42.5 Å². The van der Waals surface area contributed by atoms with E-state index in [1.165, 1.54) is 60.4 Å². The zero-order valence-electron chi connectivity index (χ0n) is 28.5. The summed E-state index contributed by atoms with van der Waals surface area (Å²) >= 11 is 0. The Morgan fingerprint density at radius 2 is 1.59 bits per heavy atom. The van der Waals surface area contributed by atoms with Gasteiger partial charge < -0.3 is 25.4 Å². The second-order valence-corrected chi connectivity index (χ2v) is 14.5. The molecule has 2 heterocycles. The number of nitrogens with one attached hydrogen (secondary N) is 2. The molecule has 0 spiro atoms. The number of morpholine rings is 1. The Hall–Kier alpha value is -5.12. The fourth-order valence-corrected chi connectivity index (χ4v) is 6.09. The second kappa shape index (κ2) is 16.3. The van der Waals surface area contributed by atoms with Crippen molar-refractivity contribution in [1.82, 2.24) is 25.3 Å². The number of hydrogen-bond acceptors (Lipinski definition) is 8. The van der Waals surface area contributed by atoms with Crippen molar-refractivity contribution >= 4 is 33.4 Å². The summed E-state index contributed by atoms with van der Waals surface area (Å²) in [5, 5.41) is 21.4. The van der Waals surface area contributed by atoms with E-state index in [9.17, 15) is 32.3 Å². The van der Waals surface area contributed by atoms with Crippen LogP contribution in [0.4, 0.5) is 10.1 Å². The number of aliphatic hydroxyl groups is 1. The number of ether oxygens (including phenoxy) is 1. The van der Waals surface area contributed by atoms with Crippen LogP contribution in [0.2, 0.25) is 0 Å². The number of amides is 3. The minimum atomic E-state index is -3.78. The number of halogens is 1. The molecule has 0 unspecified atom stereocenters. The molecule has 1 aliphatic rings. The number of hydrogen-bond donors (Lipinski definition) is 3. The Kier molecular flexibility index (Phi) is 11.8. The van der Waals surface area contributed by atoms with E-state index in [1.54, 1.807) is 18.0 Å². The predicted molar refractivity (Wildman–Crippen MR) is 188 cm³/mol. The van der Waals surface area contributed by atoms with Crippen molar-refractivity contribution in [3.8, 4) is 0 Å². The summed E-state index contributed by atoms with van der Waals surface area (Å²) in [6.07, 6.45) is 3.02. The van der Waals surface area contributed by atoms with Crippen molar-refractivity contribution in [2.75, 3.05) is 43.9 Å². The smallest absolute Gasteiger partial charge is 0.257 e. The molecule has 3 aromatic carbocycles. The highest BCUT2D eigenvalue weighted by Crippen LogP contribution is 2.23. The second-order valence-electron chi connectivity index (χ2n) is 12.4. The van der Waals surface area contributed by atoms with Gasteiger partial charge in [-0.25, -0.2) is 12.8 Å². The van der Waals surface area contributed by atoms with Gasteiger partial charge >= 0.3 is 0 Å². The minimum Gasteiger partial charge on any atom is -0.389 e. The average Bonchev–Trinajstić information content (AvgIpc) is 3.59. The van der Waals surface area contributed by atoms with Crippen molar-refractivity contribution < 1.29 is 37.0 Å². The van der Waals surface area contributed by atoms with Gasteiger partial charge in [-0.3, -0.25) is 23.4 Å². The molecule has 3 N–H and O–H groups in total. The first-order valence-electron chi connectivity index (χ1n) is 16.4. The lowest BCUT2D eigenvalue weighted by molar-refractivity contribution is 0.0302. The molecular weight excluding hydrogens is 679 g/mol. The summed E-state index contributed by atoms with van der Waals surface area (Å²) in [6, 6.07) is 17.5. The molecule has 270 valence electrons. The number of rotatable bonds is 13. The van der Waals surface area contributed by atoms with Crippen molar-refractivity contribution in [2.45, 2.75) is 38.1 Å². The van der Waals surface area contributed by atoms with Gasteiger partial charge in [0.15, 0.2) is 0 Å². The van der Waals surface area contributed by atoms with E-state index >= 15 is 0 Å². The van der Waals surface area contributed by atoms with Gasteiger partial charge in [-0.15, -0.1) is 0 Å². The summed E-state index contributed by atoms with van der Waals surface area (Å²) in [5.41, 5.74) is 1.88. The van der Waals surface area contributed by atoms with Gasteiger partial charge in [0.2, 0.25) is 10.0 Å². The molecule has 15 heteroatoms. The first-order chi connectivity index (χ1) is 24.3. The number of aromatic nitrogens is 2. The fourth-order valence-electron chi connectivity index (χ4n) is 5.61. The molecule has 0 aliphatic carbocycles. The SMILES string of the molecule is C[C@@H](NC(=O)c1cc(C(=O)N[C@@H](Cc2ccccc2)[C@@H](O)Cn2cc(C(=O)N3CCOCC3)cn2)cc(N(C)S(C)(=O)=O)c1)c1ccc(F)cc1. The molecule has 0 radical (unpaired) electrons. The van der Waals surface area contributed by atoms with Crippen LogP contribution in [0.25, 0.3) is 0 Å². The molecular formula is C36H41FN6O7S. The Morgan fingerprint density at radius 1 is 0.961 bits per heavy atom. The molecule has 4 aromatic rings. The van der Waals surface area contributed by atoms with E-state index in [-0.39, 0.29) is 35.7 Å². The van der Waals surface area contributed by atoms with Crippen LogP contribution in [0.3, 0.4) is 0 Å². The molecule has 0 bridgehead atoms. The van der Waals surface area contributed by atoms with E-state index in [1.807, 2.05) is 30.3 Å². The Bertz CT molecular complexity index is 1950. The number of nitrogens with zero attached hydrogens (tertiary/aromatic N) is 4. The summed E-state index contributed by atoms with van der Waals surface area (Å²) in [5.74, 6) is -1.87. The Labute approximate surface area is 296 Å². The zero-order valence-corrected chi connectivity index (χ0v) is 29.3. The third-order valence-electron chi connectivity index (χ3n) is 8.65. The molecule has 1 aromatic heterocycles. The molecule has 3 atom stereocenters. The third-order valence-corrected chi connectivity index (χ3v) is 9.86. The van der Waals surface area contributed by atoms with Crippen LogP contribution in [0.1, 0.15) is 55.2 Å². The highest BCUT2D eigenvalue weighted by atomic mass is 32.2. The van der Waals surface area contributed by atoms with Gasteiger partial charge in [0, 0.05) is 37.5 Å². The highest BCUT2D eigenvalue weighted by molar-refractivity contribution is 7.92. The van der Waals surface area contributed by atoms with Crippen LogP contribution in [0.15, 0.2) is 85.2 Å². The standard InChI is InChI=1S/C36H41FN6O7S/c1-24(26-9-11-30(37)12-10-26)39-34(45)27-18-28(20-31(19-27)41(2)51(3,48)49)35(46)40-32(17-25-7-5-4-6-8-25)33(44)23-43-22-29(21-38-43)36(47)42-13-15-50-16-14-42/h4-12,18-22,24,32-33,44H,13-17,23H2,1-3H3,(H,39,45)(H,40,46)/t24-,32+,33+/m1/s1. The summed E-state index contributed by atoms with van der Waals surface area (Å²) in [6.45, 7) is 3.50. The maximum Gasteiger partial charge on any atom is 0.257 e. The maximum atomic E-state index is 13.9. The third kappa shape index (κ3) is 9.78. The molecule has 1 fully saturated rings. The first kappa shape index (κ1) is 37.1. The van der Waals surface area contributed by atoms with Crippen LogP contribution in [0.5, 0.6) is 0 Å². The van der Waals surface area contributed by atoms with Crippen LogP contribution in [-0.2, 0) is 27.7 Å². The average molecular weight is 721 g/mol. The number of anilines is 1. The Balaban J connectivity index is 1.39. The van der Waals surface area contributed by atoms with Gasteiger partial charge in [0.25, 0.3) is 17.7 Å². The molecule has 1 aliphatic heterocycles. The molecule has 13 nitrogen and oxygen atoms in total. The predicted octanol–water partition coefficient (Wildman–Crippen LogP) is 2.78. The van der Waals surface area contributed by atoms with E-state index in [0.29, 0.717) is 37.4 Å². The lowest BCUT2D eigenvalue weighted by Gasteiger charge is -2.26. The number of sulfonamides is 1. The molecule has 1 saturated heterocycles. The Morgan fingerprint density at radius 3 is 2.22 bits per heavy atom. The van der Waals surface area contributed by atoms with Gasteiger partial charge in [0.05, 0.1) is 61.6 Å². The number of carbonyl (C=O) groups excluding carboxylic acids is 3. The van der Waals surface area contributed by atoms with Gasteiger partial charge in [0.1, 0.15) is 5.82 Å². The molecule has 5 rings (SSSR count). The van der Waals surface area contributed by atoms with Crippen LogP contribution < -0.4 is 14.9 Å². The number of carbonyl (C=O) groups is 3. The van der Waals surface area contributed by atoms with Crippen molar-refractivity contribution in [3.63, 3.8) is 0 Å². The summed E-state index contributed by atoms with van der Waals surface area (Å²) in [4.78, 5) is 42.0. The zero-order chi connectivity index (χ0) is 36.7. The number of aliphatic hydroxyl groups excluding tert-OH is 1. The lowest BCUT2D eigenvalue weighted by atomic mass is 10.00. The highest BCUT2D eigenvalue weighted by Gasteiger charge is 2.27. The topological polar surface area (TPSA) is 163 Å². The summed E-state index contributed by atoms with van der Waals surface area (Å²) in [7, 11) is -2.48. The van der Waals surface area contributed by atoms with Crippen LogP contribution >= 0.6 is 0 Å². The first-order valence-corrected chi connectivity index (χ1v) is 18.2. The number of benzene rings is 3. The lowest BCUT2D eigenvalue weighted by Crippen LogP contribution is -2.46. The molecule has 51 heavy (non-hydrogen) atoms. The van der Waals surface area contributed by atoms with E-state index < -0.39 is 45.8 Å². The molecule has 0 saturated carbocycles. The van der Waals surface area contributed by atoms with Crippen molar-refractivity contribution in [1.29, 1.82) is 0 Å². The van der Waals surface area contributed by atoms with E-state index in [4.69, 9.17) is 4.74 Å². The van der Waals surface area contributed by atoms with Crippen molar-refractivity contribution in [3.05, 3.63) is 119 Å². The molecule has 3 amide bonds. The van der Waals surface area contributed by atoms with E-state index in [2.05, 4.69) is 15.7 Å².